The summed E-state index contributed by atoms with van der Waals surface area (Å²) in [6.07, 6.45) is 1.24. The van der Waals surface area contributed by atoms with E-state index in [9.17, 15) is 14.4 Å². The van der Waals surface area contributed by atoms with Gasteiger partial charge in [0.1, 0.15) is 5.75 Å². The first-order chi connectivity index (χ1) is 13.5. The van der Waals surface area contributed by atoms with Gasteiger partial charge in [-0.2, -0.15) is 0 Å². The maximum atomic E-state index is 12.7. The number of nitrogens with one attached hydrogen (secondary N) is 2. The highest BCUT2D eigenvalue weighted by atomic mass is 16.5. The van der Waals surface area contributed by atoms with Gasteiger partial charge in [-0.05, 0) is 49.2 Å². The second-order valence-corrected chi connectivity index (χ2v) is 7.02. The largest absolute Gasteiger partial charge is 0.476 e. The molecule has 1 aliphatic heterocycles. The predicted molar refractivity (Wildman–Crippen MR) is 104 cm³/mol. The molecule has 1 unspecified atom stereocenters. The number of rotatable bonds is 4. The Bertz CT molecular complexity index is 922. The molecule has 0 bridgehead atoms. The molecule has 144 valence electrons. The Hall–Kier alpha value is -3.35. The summed E-state index contributed by atoms with van der Waals surface area (Å²) in [5.74, 6) is -0.114. The number of hydrogen-bond acceptors (Lipinski definition) is 4. The first-order valence-corrected chi connectivity index (χ1v) is 9.27. The molecule has 4 rings (SSSR count). The van der Waals surface area contributed by atoms with Crippen molar-refractivity contribution in [2.45, 2.75) is 31.9 Å². The van der Waals surface area contributed by atoms with E-state index in [0.29, 0.717) is 28.7 Å². The van der Waals surface area contributed by atoms with E-state index in [1.165, 1.54) is 11.8 Å². The van der Waals surface area contributed by atoms with Crippen molar-refractivity contribution < 1.29 is 19.1 Å². The van der Waals surface area contributed by atoms with Crippen LogP contribution in [0.4, 0.5) is 11.4 Å². The van der Waals surface area contributed by atoms with Crippen molar-refractivity contribution in [1.29, 1.82) is 0 Å². The van der Waals surface area contributed by atoms with Crippen molar-refractivity contribution in [1.82, 2.24) is 5.32 Å². The van der Waals surface area contributed by atoms with Crippen LogP contribution in [-0.2, 0) is 9.59 Å². The van der Waals surface area contributed by atoms with Crippen molar-refractivity contribution >= 4 is 29.1 Å². The SMILES string of the molecule is CC(=O)N1CC(C(=O)Nc2ccc(C(=O)NC3CC3)cc2)Oc2ccccc21. The number of carbonyl (C=O) groups excluding carboxylic acids is 3. The Labute approximate surface area is 162 Å². The van der Waals surface area contributed by atoms with Crippen LogP contribution in [0.2, 0.25) is 0 Å². The van der Waals surface area contributed by atoms with Crippen LogP contribution in [0.3, 0.4) is 0 Å². The molecule has 1 heterocycles. The number of hydrogen-bond donors (Lipinski definition) is 2. The molecule has 0 saturated heterocycles. The molecule has 2 aromatic rings. The van der Waals surface area contributed by atoms with Crippen molar-refractivity contribution in [2.24, 2.45) is 0 Å². The molecule has 0 aromatic heterocycles. The zero-order valence-electron chi connectivity index (χ0n) is 15.5. The molecule has 1 fully saturated rings. The van der Waals surface area contributed by atoms with E-state index >= 15 is 0 Å². The summed E-state index contributed by atoms with van der Waals surface area (Å²) in [4.78, 5) is 38.2. The minimum atomic E-state index is -0.823. The fourth-order valence-electron chi connectivity index (χ4n) is 3.09. The maximum absolute atomic E-state index is 12.7. The van der Waals surface area contributed by atoms with Gasteiger partial charge in [0.05, 0.1) is 12.2 Å². The highest BCUT2D eigenvalue weighted by Crippen LogP contribution is 2.33. The smallest absolute Gasteiger partial charge is 0.267 e. The molecule has 0 radical (unpaired) electrons. The quantitative estimate of drug-likeness (QED) is 0.854. The van der Waals surface area contributed by atoms with E-state index in [-0.39, 0.29) is 24.3 Å². The van der Waals surface area contributed by atoms with Gasteiger partial charge < -0.3 is 20.3 Å². The van der Waals surface area contributed by atoms with Crippen LogP contribution < -0.4 is 20.3 Å². The van der Waals surface area contributed by atoms with E-state index in [0.717, 1.165) is 12.8 Å². The van der Waals surface area contributed by atoms with Crippen molar-refractivity contribution in [3.63, 3.8) is 0 Å². The van der Waals surface area contributed by atoms with Gasteiger partial charge in [0.2, 0.25) is 5.91 Å². The van der Waals surface area contributed by atoms with E-state index in [2.05, 4.69) is 10.6 Å². The third kappa shape index (κ3) is 3.83. The van der Waals surface area contributed by atoms with Crippen LogP contribution >= 0.6 is 0 Å². The second-order valence-electron chi connectivity index (χ2n) is 7.02. The first-order valence-electron chi connectivity index (χ1n) is 9.27. The Kier molecular flexibility index (Phi) is 4.73. The Morgan fingerprint density at radius 2 is 1.75 bits per heavy atom. The Morgan fingerprint density at radius 3 is 2.43 bits per heavy atom. The third-order valence-corrected chi connectivity index (χ3v) is 4.77. The van der Waals surface area contributed by atoms with Crippen LogP contribution in [-0.4, -0.2) is 36.4 Å². The number of amides is 3. The summed E-state index contributed by atoms with van der Waals surface area (Å²) in [6, 6.07) is 14.1. The van der Waals surface area contributed by atoms with E-state index < -0.39 is 6.10 Å². The number of benzene rings is 2. The van der Waals surface area contributed by atoms with Crippen molar-refractivity contribution in [2.75, 3.05) is 16.8 Å². The predicted octanol–water partition coefficient (Wildman–Crippen LogP) is 2.33. The molecule has 1 atom stereocenters. The molecular weight excluding hydrogens is 358 g/mol. The third-order valence-electron chi connectivity index (χ3n) is 4.77. The summed E-state index contributed by atoms with van der Waals surface area (Å²) < 4.78 is 5.79. The molecule has 7 heteroatoms. The molecule has 3 amide bonds. The minimum absolute atomic E-state index is 0.107. The number of ether oxygens (including phenoxy) is 1. The lowest BCUT2D eigenvalue weighted by Gasteiger charge is -2.33. The summed E-state index contributed by atoms with van der Waals surface area (Å²) in [5, 5.41) is 5.71. The molecule has 2 aromatic carbocycles. The molecule has 1 saturated carbocycles. The van der Waals surface area contributed by atoms with Crippen molar-refractivity contribution in [3.8, 4) is 5.75 Å². The Morgan fingerprint density at radius 1 is 1.04 bits per heavy atom. The molecule has 7 nitrogen and oxygen atoms in total. The fourth-order valence-corrected chi connectivity index (χ4v) is 3.09. The average Bonchev–Trinajstić information content (AvgIpc) is 3.51. The second kappa shape index (κ2) is 7.34. The van der Waals surface area contributed by atoms with Crippen LogP contribution in [0.1, 0.15) is 30.1 Å². The van der Waals surface area contributed by atoms with E-state index in [4.69, 9.17) is 4.74 Å². The van der Waals surface area contributed by atoms with Gasteiger partial charge in [-0.15, -0.1) is 0 Å². The number of para-hydroxylation sites is 2. The zero-order valence-corrected chi connectivity index (χ0v) is 15.5. The lowest BCUT2D eigenvalue weighted by atomic mass is 10.1. The van der Waals surface area contributed by atoms with Crippen LogP contribution in [0.15, 0.2) is 48.5 Å². The van der Waals surface area contributed by atoms with E-state index in [1.54, 1.807) is 42.5 Å². The van der Waals surface area contributed by atoms with Gasteiger partial charge in [0, 0.05) is 24.2 Å². The standard InChI is InChI=1S/C21H21N3O4/c1-13(25)24-12-19(28-18-5-3-2-4-17(18)24)21(27)23-15-8-6-14(7-9-15)20(26)22-16-10-11-16/h2-9,16,19H,10-12H2,1H3,(H,22,26)(H,23,27). The van der Waals surface area contributed by atoms with Gasteiger partial charge in [-0.3, -0.25) is 14.4 Å². The van der Waals surface area contributed by atoms with Crippen LogP contribution in [0, 0.1) is 0 Å². The minimum Gasteiger partial charge on any atom is -0.476 e. The first kappa shape index (κ1) is 18.0. The van der Waals surface area contributed by atoms with Gasteiger partial charge in [0.25, 0.3) is 11.8 Å². The van der Waals surface area contributed by atoms with Crippen LogP contribution in [0.25, 0.3) is 0 Å². The number of nitrogens with zero attached hydrogens (tertiary/aromatic N) is 1. The topological polar surface area (TPSA) is 87.7 Å². The number of anilines is 2. The van der Waals surface area contributed by atoms with Gasteiger partial charge in [0.15, 0.2) is 6.10 Å². The normalized spacial score (nSPS) is 17.9. The summed E-state index contributed by atoms with van der Waals surface area (Å²) >= 11 is 0. The number of fused-ring (bicyclic) bond motifs is 1. The summed E-state index contributed by atoms with van der Waals surface area (Å²) in [6.45, 7) is 1.60. The van der Waals surface area contributed by atoms with Crippen molar-refractivity contribution in [3.05, 3.63) is 54.1 Å². The molecule has 0 spiro atoms. The average molecular weight is 379 g/mol. The highest BCUT2D eigenvalue weighted by Gasteiger charge is 2.32. The number of carbonyl (C=O) groups is 3. The fraction of sp³-hybridized carbons (Fsp3) is 0.286. The molecular formula is C21H21N3O4. The van der Waals surface area contributed by atoms with Gasteiger partial charge in [-0.1, -0.05) is 12.1 Å². The molecule has 28 heavy (non-hydrogen) atoms. The zero-order chi connectivity index (χ0) is 19.7. The van der Waals surface area contributed by atoms with Gasteiger partial charge in [-0.25, -0.2) is 0 Å². The van der Waals surface area contributed by atoms with E-state index in [1.807, 2.05) is 6.07 Å². The Balaban J connectivity index is 1.43. The summed E-state index contributed by atoms with van der Waals surface area (Å²) in [7, 11) is 0. The summed E-state index contributed by atoms with van der Waals surface area (Å²) in [5.41, 5.74) is 1.77. The van der Waals surface area contributed by atoms with Crippen LogP contribution in [0.5, 0.6) is 5.75 Å². The maximum Gasteiger partial charge on any atom is 0.267 e. The monoisotopic (exact) mass is 379 g/mol. The molecule has 2 aliphatic rings. The lowest BCUT2D eigenvalue weighted by molar-refractivity contribution is -0.123. The molecule has 2 N–H and O–H groups in total. The lowest BCUT2D eigenvalue weighted by Crippen LogP contribution is -2.48. The molecule has 1 aliphatic carbocycles. The van der Waals surface area contributed by atoms with Gasteiger partial charge >= 0.3 is 0 Å². The highest BCUT2D eigenvalue weighted by molar-refractivity contribution is 6.00.